The molecule has 3 heteroatoms. The van der Waals surface area contributed by atoms with Gasteiger partial charge in [0.25, 0.3) is 0 Å². The Kier molecular flexibility index (Phi) is 6.73. The number of nitrogens with one attached hydrogen (secondary N) is 1. The lowest BCUT2D eigenvalue weighted by molar-refractivity contribution is 0.302. The van der Waals surface area contributed by atoms with Gasteiger partial charge < -0.3 is 10.1 Å². The molecule has 0 saturated heterocycles. The first kappa shape index (κ1) is 15.0. The fourth-order valence-electron chi connectivity index (χ4n) is 1.67. The first-order valence-corrected chi connectivity index (χ1v) is 6.86. The van der Waals surface area contributed by atoms with Crippen LogP contribution in [0.4, 0.5) is 0 Å². The van der Waals surface area contributed by atoms with Crippen molar-refractivity contribution in [3.05, 3.63) is 24.5 Å². The molecule has 1 aromatic rings. The summed E-state index contributed by atoms with van der Waals surface area (Å²) in [6, 6.07) is 3.84. The second kappa shape index (κ2) is 8.09. The van der Waals surface area contributed by atoms with E-state index < -0.39 is 0 Å². The highest BCUT2D eigenvalue weighted by molar-refractivity contribution is 5.15. The largest absolute Gasteiger partial charge is 0.492 e. The maximum absolute atomic E-state index is 5.59. The number of hydrogen-bond donors (Lipinski definition) is 1. The van der Waals surface area contributed by atoms with Crippen LogP contribution in [0.1, 0.15) is 46.5 Å². The molecule has 0 saturated carbocycles. The second-order valence-electron chi connectivity index (χ2n) is 5.63. The Balaban J connectivity index is 1.90. The molecule has 0 fully saturated rings. The van der Waals surface area contributed by atoms with E-state index in [-0.39, 0.29) is 5.54 Å². The Bertz CT molecular complexity index is 306. The minimum atomic E-state index is 0.240. The fraction of sp³-hybridized carbons (Fsp3) is 0.667. The van der Waals surface area contributed by atoms with Crippen LogP contribution >= 0.6 is 0 Å². The fourth-order valence-corrected chi connectivity index (χ4v) is 1.67. The van der Waals surface area contributed by atoms with Crippen molar-refractivity contribution in [2.24, 2.45) is 0 Å². The first-order valence-electron chi connectivity index (χ1n) is 6.86. The summed E-state index contributed by atoms with van der Waals surface area (Å²) >= 11 is 0. The van der Waals surface area contributed by atoms with E-state index in [4.69, 9.17) is 4.74 Å². The van der Waals surface area contributed by atoms with Gasteiger partial charge in [-0.3, -0.25) is 4.98 Å². The highest BCUT2D eigenvalue weighted by Gasteiger charge is 2.06. The summed E-state index contributed by atoms with van der Waals surface area (Å²) in [6.07, 6.45) is 8.36. The van der Waals surface area contributed by atoms with Gasteiger partial charge in [-0.2, -0.15) is 0 Å². The second-order valence-corrected chi connectivity index (χ2v) is 5.63. The third-order valence-corrected chi connectivity index (χ3v) is 2.63. The molecule has 1 N–H and O–H groups in total. The molecule has 3 nitrogen and oxygen atoms in total. The van der Waals surface area contributed by atoms with Crippen LogP contribution < -0.4 is 10.1 Å². The molecule has 0 aromatic carbocycles. The lowest BCUT2D eigenvalue weighted by Crippen LogP contribution is -2.36. The van der Waals surface area contributed by atoms with E-state index >= 15 is 0 Å². The van der Waals surface area contributed by atoms with Gasteiger partial charge in [-0.1, -0.05) is 12.8 Å². The SMILES string of the molecule is CC(C)(C)NCCCCCCOc1cccnc1. The molecule has 0 unspecified atom stereocenters. The minimum Gasteiger partial charge on any atom is -0.492 e. The van der Waals surface area contributed by atoms with E-state index in [1.54, 1.807) is 12.4 Å². The maximum atomic E-state index is 5.59. The van der Waals surface area contributed by atoms with Crippen molar-refractivity contribution < 1.29 is 4.74 Å². The van der Waals surface area contributed by atoms with Crippen molar-refractivity contribution in [3.63, 3.8) is 0 Å². The highest BCUT2D eigenvalue weighted by Crippen LogP contribution is 2.08. The molecule has 0 bridgehead atoms. The van der Waals surface area contributed by atoms with Gasteiger partial charge in [0.05, 0.1) is 12.8 Å². The average Bonchev–Trinajstić information content (AvgIpc) is 2.32. The summed E-state index contributed by atoms with van der Waals surface area (Å²) in [5.74, 6) is 0.867. The van der Waals surface area contributed by atoms with Crippen LogP contribution in [0, 0.1) is 0 Å². The minimum absolute atomic E-state index is 0.240. The summed E-state index contributed by atoms with van der Waals surface area (Å²) in [5, 5.41) is 3.50. The van der Waals surface area contributed by atoms with Gasteiger partial charge in [-0.05, 0) is 52.3 Å². The van der Waals surface area contributed by atoms with E-state index in [0.717, 1.165) is 25.3 Å². The Morgan fingerprint density at radius 2 is 1.94 bits per heavy atom. The standard InChI is InChI=1S/C15H26N2O/c1-15(2,3)17-11-6-4-5-7-12-18-14-9-8-10-16-13-14/h8-10,13,17H,4-7,11-12H2,1-3H3. The Morgan fingerprint density at radius 1 is 1.17 bits per heavy atom. The molecule has 1 aromatic heterocycles. The molecule has 1 heterocycles. The van der Waals surface area contributed by atoms with Crippen molar-refractivity contribution >= 4 is 0 Å². The van der Waals surface area contributed by atoms with Crippen molar-refractivity contribution in [2.45, 2.75) is 52.0 Å². The van der Waals surface area contributed by atoms with Crippen LogP contribution in [0.15, 0.2) is 24.5 Å². The summed E-state index contributed by atoms with van der Waals surface area (Å²) in [6.45, 7) is 8.50. The number of aromatic nitrogens is 1. The molecule has 1 rings (SSSR count). The maximum Gasteiger partial charge on any atom is 0.137 e. The number of ether oxygens (including phenoxy) is 1. The first-order chi connectivity index (χ1) is 8.58. The zero-order valence-corrected chi connectivity index (χ0v) is 11.9. The van der Waals surface area contributed by atoms with Gasteiger partial charge in [0, 0.05) is 11.7 Å². The Hall–Kier alpha value is -1.09. The number of unbranched alkanes of at least 4 members (excludes halogenated alkanes) is 3. The molecule has 0 atom stereocenters. The number of hydrogen-bond acceptors (Lipinski definition) is 3. The third-order valence-electron chi connectivity index (χ3n) is 2.63. The number of rotatable bonds is 8. The zero-order chi connectivity index (χ0) is 13.3. The summed E-state index contributed by atoms with van der Waals surface area (Å²) in [7, 11) is 0. The van der Waals surface area contributed by atoms with E-state index in [2.05, 4.69) is 31.1 Å². The predicted molar refractivity (Wildman–Crippen MR) is 76.0 cm³/mol. The quantitative estimate of drug-likeness (QED) is 0.718. The third kappa shape index (κ3) is 8.07. The van der Waals surface area contributed by atoms with E-state index in [1.165, 1.54) is 19.3 Å². The number of nitrogens with zero attached hydrogens (tertiary/aromatic N) is 1. The Labute approximate surface area is 111 Å². The monoisotopic (exact) mass is 250 g/mol. The zero-order valence-electron chi connectivity index (χ0n) is 11.9. The van der Waals surface area contributed by atoms with Gasteiger partial charge in [0.1, 0.15) is 5.75 Å². The topological polar surface area (TPSA) is 34.1 Å². The van der Waals surface area contributed by atoms with Gasteiger partial charge in [-0.25, -0.2) is 0 Å². The number of pyridine rings is 1. The Morgan fingerprint density at radius 3 is 2.61 bits per heavy atom. The van der Waals surface area contributed by atoms with E-state index in [0.29, 0.717) is 0 Å². The van der Waals surface area contributed by atoms with E-state index in [1.807, 2.05) is 12.1 Å². The molecule has 0 aliphatic carbocycles. The van der Waals surface area contributed by atoms with Gasteiger partial charge in [0.2, 0.25) is 0 Å². The van der Waals surface area contributed by atoms with Gasteiger partial charge in [-0.15, -0.1) is 0 Å². The van der Waals surface area contributed by atoms with Crippen molar-refractivity contribution in [1.82, 2.24) is 10.3 Å². The van der Waals surface area contributed by atoms with Crippen molar-refractivity contribution in [3.8, 4) is 5.75 Å². The van der Waals surface area contributed by atoms with Crippen LogP contribution in [-0.2, 0) is 0 Å². The molecule has 0 spiro atoms. The van der Waals surface area contributed by atoms with E-state index in [9.17, 15) is 0 Å². The average molecular weight is 250 g/mol. The van der Waals surface area contributed by atoms with Crippen molar-refractivity contribution in [1.29, 1.82) is 0 Å². The van der Waals surface area contributed by atoms with Crippen LogP contribution in [-0.4, -0.2) is 23.7 Å². The van der Waals surface area contributed by atoms with Gasteiger partial charge >= 0.3 is 0 Å². The lowest BCUT2D eigenvalue weighted by atomic mass is 10.1. The molecule has 0 amide bonds. The molecule has 0 radical (unpaired) electrons. The van der Waals surface area contributed by atoms with Crippen LogP contribution in [0.25, 0.3) is 0 Å². The van der Waals surface area contributed by atoms with Gasteiger partial charge in [0.15, 0.2) is 0 Å². The smallest absolute Gasteiger partial charge is 0.137 e. The van der Waals surface area contributed by atoms with Crippen molar-refractivity contribution in [2.75, 3.05) is 13.2 Å². The molecule has 102 valence electrons. The molecule has 18 heavy (non-hydrogen) atoms. The summed E-state index contributed by atoms with van der Waals surface area (Å²) < 4.78 is 5.59. The molecular weight excluding hydrogens is 224 g/mol. The molecular formula is C15H26N2O. The van der Waals surface area contributed by atoms with Crippen LogP contribution in [0.5, 0.6) is 5.75 Å². The molecule has 0 aliphatic heterocycles. The predicted octanol–water partition coefficient (Wildman–Crippen LogP) is 3.41. The highest BCUT2D eigenvalue weighted by atomic mass is 16.5. The van der Waals surface area contributed by atoms with Crippen LogP contribution in [0.2, 0.25) is 0 Å². The summed E-state index contributed by atoms with van der Waals surface area (Å²) in [5.41, 5.74) is 0.240. The summed E-state index contributed by atoms with van der Waals surface area (Å²) in [4.78, 5) is 4.01. The van der Waals surface area contributed by atoms with Crippen LogP contribution in [0.3, 0.4) is 0 Å². The lowest BCUT2D eigenvalue weighted by Gasteiger charge is -2.20. The molecule has 0 aliphatic rings. The normalized spacial score (nSPS) is 11.5.